The van der Waals surface area contributed by atoms with E-state index in [1.54, 1.807) is 29.6 Å². The van der Waals surface area contributed by atoms with Crippen LogP contribution in [0.4, 0.5) is 26.6 Å². The molecule has 1 atom stereocenters. The highest BCUT2D eigenvalue weighted by atomic mass is 19.1. The Labute approximate surface area is 206 Å². The van der Waals surface area contributed by atoms with E-state index >= 15 is 0 Å². The van der Waals surface area contributed by atoms with Crippen molar-refractivity contribution < 1.29 is 9.18 Å². The number of amides is 2. The van der Waals surface area contributed by atoms with Gasteiger partial charge in [0.25, 0.3) is 0 Å². The Morgan fingerprint density at radius 1 is 1.08 bits per heavy atom. The Morgan fingerprint density at radius 2 is 1.92 bits per heavy atom. The number of hydrogen-bond acceptors (Lipinski definition) is 8. The zero-order chi connectivity index (χ0) is 25.1. The molecular weight excluding hydrogens is 465 g/mol. The highest BCUT2D eigenvalue weighted by Crippen LogP contribution is 2.19. The van der Waals surface area contributed by atoms with Crippen molar-refractivity contribution in [3.63, 3.8) is 0 Å². The van der Waals surface area contributed by atoms with Crippen molar-refractivity contribution in [2.75, 3.05) is 36.4 Å². The molecule has 5 heterocycles. The summed E-state index contributed by atoms with van der Waals surface area (Å²) in [6.07, 6.45) is 7.40. The molecule has 13 heteroatoms. The van der Waals surface area contributed by atoms with Gasteiger partial charge in [-0.25, -0.2) is 23.8 Å². The van der Waals surface area contributed by atoms with Crippen LogP contribution in [0.1, 0.15) is 24.2 Å². The van der Waals surface area contributed by atoms with Gasteiger partial charge < -0.3 is 20.4 Å². The lowest BCUT2D eigenvalue weighted by atomic mass is 10.1. The molecule has 12 nitrogen and oxygen atoms in total. The van der Waals surface area contributed by atoms with E-state index < -0.39 is 5.82 Å². The SMILES string of the molecule is Cc1cc(Nc2cncc(N3CCN(C(=O)NC(C)c4ccc(-n5cc(F)cn5)nc4)CC3)n2)n[nH]1. The average molecular weight is 492 g/mol. The number of aromatic amines is 1. The topological polar surface area (TPSA) is 133 Å². The molecule has 4 aromatic heterocycles. The summed E-state index contributed by atoms with van der Waals surface area (Å²) in [5.74, 6) is 2.09. The summed E-state index contributed by atoms with van der Waals surface area (Å²) in [7, 11) is 0. The number of piperazine rings is 1. The molecule has 0 radical (unpaired) electrons. The molecule has 1 saturated heterocycles. The van der Waals surface area contributed by atoms with E-state index in [1.807, 2.05) is 26.0 Å². The molecule has 0 bridgehead atoms. The molecule has 5 rings (SSSR count). The highest BCUT2D eigenvalue weighted by molar-refractivity contribution is 5.75. The number of pyridine rings is 1. The minimum absolute atomic E-state index is 0.143. The standard InChI is InChI=1S/C23H26FN11O/c1-15-9-19(32-31-15)29-20-12-25-13-22(30-20)33-5-7-34(8-6-33)23(36)28-16(2)17-3-4-21(26-10-17)35-14-18(24)11-27-35/h3-4,9-14,16H,5-8H2,1-2H3,(H,28,36)(H2,29,30,31,32). The van der Waals surface area contributed by atoms with Crippen LogP contribution in [0.15, 0.2) is 49.2 Å². The minimum atomic E-state index is -0.429. The Kier molecular flexibility index (Phi) is 6.43. The predicted molar refractivity (Wildman–Crippen MR) is 131 cm³/mol. The average Bonchev–Trinajstić information content (AvgIpc) is 3.52. The molecule has 0 spiro atoms. The van der Waals surface area contributed by atoms with Gasteiger partial charge >= 0.3 is 6.03 Å². The highest BCUT2D eigenvalue weighted by Gasteiger charge is 2.23. The first-order chi connectivity index (χ1) is 17.4. The molecule has 186 valence electrons. The van der Waals surface area contributed by atoms with Crippen molar-refractivity contribution in [3.05, 3.63) is 66.3 Å². The molecule has 1 aliphatic rings. The summed E-state index contributed by atoms with van der Waals surface area (Å²) < 4.78 is 14.5. The van der Waals surface area contributed by atoms with Crippen LogP contribution in [0, 0.1) is 12.7 Å². The summed E-state index contributed by atoms with van der Waals surface area (Å²) in [5.41, 5.74) is 1.79. The number of nitrogens with one attached hydrogen (secondary N) is 3. The van der Waals surface area contributed by atoms with Gasteiger partial charge in [-0.05, 0) is 25.5 Å². The number of nitrogens with zero attached hydrogens (tertiary/aromatic N) is 8. The number of hydrogen-bond donors (Lipinski definition) is 3. The summed E-state index contributed by atoms with van der Waals surface area (Å²) in [6.45, 7) is 6.20. The number of aryl methyl sites for hydroxylation is 1. The smallest absolute Gasteiger partial charge is 0.317 e. The van der Waals surface area contributed by atoms with E-state index in [-0.39, 0.29) is 12.1 Å². The van der Waals surface area contributed by atoms with Gasteiger partial charge in [0.1, 0.15) is 5.82 Å². The van der Waals surface area contributed by atoms with E-state index in [4.69, 9.17) is 0 Å². The third-order valence-electron chi connectivity index (χ3n) is 5.87. The molecule has 0 aromatic carbocycles. The summed E-state index contributed by atoms with van der Waals surface area (Å²) in [6, 6.07) is 5.08. The first-order valence-corrected chi connectivity index (χ1v) is 11.5. The van der Waals surface area contributed by atoms with Crippen molar-refractivity contribution in [2.45, 2.75) is 19.9 Å². The minimum Gasteiger partial charge on any atom is -0.352 e. The molecule has 36 heavy (non-hydrogen) atoms. The van der Waals surface area contributed by atoms with E-state index in [0.717, 1.165) is 23.3 Å². The normalized spacial score (nSPS) is 14.5. The Hall–Kier alpha value is -4.55. The van der Waals surface area contributed by atoms with Crippen LogP contribution < -0.4 is 15.5 Å². The fourth-order valence-corrected chi connectivity index (χ4v) is 3.90. The van der Waals surface area contributed by atoms with Gasteiger partial charge in [-0.1, -0.05) is 6.07 Å². The third-order valence-corrected chi connectivity index (χ3v) is 5.87. The molecule has 3 N–H and O–H groups in total. The molecule has 4 aromatic rings. The summed E-state index contributed by atoms with van der Waals surface area (Å²) in [5, 5.41) is 17.1. The van der Waals surface area contributed by atoms with Gasteiger partial charge in [0, 0.05) is 44.1 Å². The fourth-order valence-electron chi connectivity index (χ4n) is 3.90. The number of rotatable bonds is 6. The number of halogens is 1. The van der Waals surface area contributed by atoms with Gasteiger partial charge in [0.15, 0.2) is 23.3 Å². The maximum absolute atomic E-state index is 13.2. The second kappa shape index (κ2) is 9.98. The van der Waals surface area contributed by atoms with Crippen LogP contribution in [0.3, 0.4) is 0 Å². The lowest BCUT2D eigenvalue weighted by Gasteiger charge is -2.35. The van der Waals surface area contributed by atoms with Gasteiger partial charge in [0.2, 0.25) is 0 Å². The number of carbonyl (C=O) groups is 1. The lowest BCUT2D eigenvalue weighted by Crippen LogP contribution is -2.52. The molecule has 2 amide bonds. The van der Waals surface area contributed by atoms with Crippen LogP contribution in [0.5, 0.6) is 0 Å². The molecule has 0 aliphatic carbocycles. The molecule has 0 saturated carbocycles. The Bertz CT molecular complexity index is 1330. The van der Waals surface area contributed by atoms with Crippen molar-refractivity contribution >= 4 is 23.5 Å². The predicted octanol–water partition coefficient (Wildman–Crippen LogP) is 2.56. The second-order valence-corrected chi connectivity index (χ2v) is 8.52. The molecule has 1 unspecified atom stereocenters. The van der Waals surface area contributed by atoms with Crippen molar-refractivity contribution in [3.8, 4) is 5.82 Å². The number of aromatic nitrogens is 7. The maximum atomic E-state index is 13.2. The van der Waals surface area contributed by atoms with Crippen molar-refractivity contribution in [1.29, 1.82) is 0 Å². The Morgan fingerprint density at radius 3 is 2.58 bits per heavy atom. The largest absolute Gasteiger partial charge is 0.352 e. The molecular formula is C23H26FN11O. The van der Waals surface area contributed by atoms with E-state index in [1.165, 1.54) is 10.9 Å². The number of urea groups is 1. The molecule has 1 aliphatic heterocycles. The van der Waals surface area contributed by atoms with E-state index in [9.17, 15) is 9.18 Å². The zero-order valence-electron chi connectivity index (χ0n) is 19.9. The van der Waals surface area contributed by atoms with Crippen molar-refractivity contribution in [2.24, 2.45) is 0 Å². The first kappa shape index (κ1) is 23.2. The monoisotopic (exact) mass is 491 g/mol. The Balaban J connectivity index is 1.14. The molecule has 1 fully saturated rings. The second-order valence-electron chi connectivity index (χ2n) is 8.52. The zero-order valence-corrected chi connectivity index (χ0v) is 19.9. The first-order valence-electron chi connectivity index (χ1n) is 11.5. The summed E-state index contributed by atoms with van der Waals surface area (Å²) in [4.78, 5) is 30.0. The lowest BCUT2D eigenvalue weighted by molar-refractivity contribution is 0.191. The van der Waals surface area contributed by atoms with Crippen LogP contribution in [0.2, 0.25) is 0 Å². The van der Waals surface area contributed by atoms with Gasteiger partial charge in [0.05, 0.1) is 30.8 Å². The number of anilines is 3. The van der Waals surface area contributed by atoms with Crippen LogP contribution >= 0.6 is 0 Å². The quantitative estimate of drug-likeness (QED) is 0.375. The van der Waals surface area contributed by atoms with Gasteiger partial charge in [-0.15, -0.1) is 0 Å². The van der Waals surface area contributed by atoms with Crippen LogP contribution in [-0.4, -0.2) is 72.0 Å². The van der Waals surface area contributed by atoms with E-state index in [0.29, 0.717) is 43.6 Å². The van der Waals surface area contributed by atoms with Crippen LogP contribution in [0.25, 0.3) is 5.82 Å². The maximum Gasteiger partial charge on any atom is 0.317 e. The number of H-pyrrole nitrogens is 1. The summed E-state index contributed by atoms with van der Waals surface area (Å²) >= 11 is 0. The van der Waals surface area contributed by atoms with Crippen LogP contribution in [-0.2, 0) is 0 Å². The van der Waals surface area contributed by atoms with Gasteiger partial charge in [-0.3, -0.25) is 10.1 Å². The van der Waals surface area contributed by atoms with E-state index in [2.05, 4.69) is 45.8 Å². The van der Waals surface area contributed by atoms with Gasteiger partial charge in [-0.2, -0.15) is 10.2 Å². The third kappa shape index (κ3) is 5.24. The number of carbonyl (C=O) groups excluding carboxylic acids is 1. The van der Waals surface area contributed by atoms with Crippen molar-refractivity contribution in [1.82, 2.24) is 45.1 Å². The fraction of sp³-hybridized carbons (Fsp3) is 0.304.